The van der Waals surface area contributed by atoms with Gasteiger partial charge in [0.05, 0.1) is 5.56 Å². The molecule has 0 bridgehead atoms. The average molecular weight is 357 g/mol. The summed E-state index contributed by atoms with van der Waals surface area (Å²) >= 11 is 5.94. The van der Waals surface area contributed by atoms with Crippen LogP contribution in [0.1, 0.15) is 5.56 Å². The molecule has 124 valence electrons. The minimum atomic E-state index is -3.13. The summed E-state index contributed by atoms with van der Waals surface area (Å²) in [7, 11) is 1.29. The lowest BCUT2D eigenvalue weighted by molar-refractivity contribution is -0.0552. The Kier molecular flexibility index (Phi) is 5.17. The number of alkyl halides is 2. The summed E-state index contributed by atoms with van der Waals surface area (Å²) in [5.74, 6) is -1.36. The van der Waals surface area contributed by atoms with Crippen LogP contribution < -0.4 is 9.47 Å². The number of hydrogen-bond acceptors (Lipinski definition) is 5. The first-order valence-corrected chi connectivity index (χ1v) is 6.67. The first-order chi connectivity index (χ1) is 11.4. The number of benzene rings is 1. The van der Waals surface area contributed by atoms with Crippen molar-refractivity contribution >= 4 is 11.6 Å². The molecule has 1 aromatic carbocycles. The topological polar surface area (TPSA) is 83.9 Å². The second-order valence-corrected chi connectivity index (χ2v) is 4.73. The molecule has 0 fully saturated rings. The van der Waals surface area contributed by atoms with Crippen molar-refractivity contribution < 1.29 is 22.6 Å². The third-order valence-corrected chi connectivity index (χ3v) is 3.22. The zero-order chi connectivity index (χ0) is 17.9. The van der Waals surface area contributed by atoms with E-state index in [9.17, 15) is 13.2 Å². The molecule has 0 N–H and O–H groups in total. The molecule has 0 radical (unpaired) electrons. The molecule has 0 atom stereocenters. The SMILES string of the molecule is Cn1nc(-c2cc(OCC#N)c(C#N)cc2F)c(Cl)c1OC(F)F. The summed E-state index contributed by atoms with van der Waals surface area (Å²) in [5.41, 5.74) is -0.493. The van der Waals surface area contributed by atoms with Crippen LogP contribution in [-0.4, -0.2) is 23.0 Å². The van der Waals surface area contributed by atoms with Crippen molar-refractivity contribution in [3.05, 3.63) is 28.5 Å². The minimum Gasteiger partial charge on any atom is -0.477 e. The van der Waals surface area contributed by atoms with Crippen LogP contribution >= 0.6 is 11.6 Å². The Morgan fingerprint density at radius 1 is 1.38 bits per heavy atom. The zero-order valence-electron chi connectivity index (χ0n) is 12.1. The van der Waals surface area contributed by atoms with Crippen molar-refractivity contribution in [1.29, 1.82) is 10.5 Å². The molecule has 0 unspecified atom stereocenters. The molecule has 0 saturated carbocycles. The molecule has 2 aromatic rings. The zero-order valence-corrected chi connectivity index (χ0v) is 12.8. The van der Waals surface area contributed by atoms with Gasteiger partial charge in [-0.1, -0.05) is 11.6 Å². The number of aryl methyl sites for hydroxylation is 1. The molecule has 10 heteroatoms. The van der Waals surface area contributed by atoms with Crippen molar-refractivity contribution in [2.45, 2.75) is 6.61 Å². The molecule has 0 spiro atoms. The first-order valence-electron chi connectivity index (χ1n) is 6.30. The summed E-state index contributed by atoms with van der Waals surface area (Å²) in [4.78, 5) is 0. The van der Waals surface area contributed by atoms with Gasteiger partial charge >= 0.3 is 6.61 Å². The van der Waals surface area contributed by atoms with Gasteiger partial charge in [0.25, 0.3) is 0 Å². The van der Waals surface area contributed by atoms with Crippen LogP contribution in [0, 0.1) is 28.5 Å². The van der Waals surface area contributed by atoms with Crippen LogP contribution in [0.4, 0.5) is 13.2 Å². The van der Waals surface area contributed by atoms with Crippen LogP contribution in [0.25, 0.3) is 11.3 Å². The summed E-state index contributed by atoms with van der Waals surface area (Å²) in [6.07, 6.45) is 0. The summed E-state index contributed by atoms with van der Waals surface area (Å²) < 4.78 is 49.3. The monoisotopic (exact) mass is 356 g/mol. The van der Waals surface area contributed by atoms with Crippen molar-refractivity contribution in [3.8, 4) is 35.0 Å². The van der Waals surface area contributed by atoms with Crippen LogP contribution in [0.3, 0.4) is 0 Å². The summed E-state index contributed by atoms with van der Waals surface area (Å²) in [6, 6.07) is 5.43. The van der Waals surface area contributed by atoms with Gasteiger partial charge in [-0.2, -0.15) is 24.4 Å². The highest BCUT2D eigenvalue weighted by molar-refractivity contribution is 6.34. The van der Waals surface area contributed by atoms with Crippen LogP contribution in [0.2, 0.25) is 5.02 Å². The highest BCUT2D eigenvalue weighted by Crippen LogP contribution is 2.38. The molecule has 1 heterocycles. The van der Waals surface area contributed by atoms with Gasteiger partial charge in [-0.15, -0.1) is 0 Å². The maximum absolute atomic E-state index is 14.2. The number of nitriles is 2. The molecule has 0 aliphatic rings. The Labute approximate surface area is 139 Å². The van der Waals surface area contributed by atoms with Gasteiger partial charge in [0, 0.05) is 12.6 Å². The average Bonchev–Trinajstić information content (AvgIpc) is 2.81. The maximum Gasteiger partial charge on any atom is 0.388 e. The van der Waals surface area contributed by atoms with Gasteiger partial charge in [-0.25, -0.2) is 9.07 Å². The quantitative estimate of drug-likeness (QED) is 0.821. The summed E-state index contributed by atoms with van der Waals surface area (Å²) in [5, 5.41) is 21.0. The van der Waals surface area contributed by atoms with Crippen LogP contribution in [0.15, 0.2) is 12.1 Å². The minimum absolute atomic E-state index is 0.0616. The Bertz CT molecular complexity index is 855. The highest BCUT2D eigenvalue weighted by Gasteiger charge is 2.23. The van der Waals surface area contributed by atoms with Crippen molar-refractivity contribution in [3.63, 3.8) is 0 Å². The fraction of sp³-hybridized carbons (Fsp3) is 0.214. The molecule has 24 heavy (non-hydrogen) atoms. The van der Waals surface area contributed by atoms with E-state index in [0.29, 0.717) is 0 Å². The Morgan fingerprint density at radius 2 is 2.08 bits per heavy atom. The lowest BCUT2D eigenvalue weighted by Gasteiger charge is -2.08. The molecule has 1 aromatic heterocycles. The third kappa shape index (κ3) is 3.36. The number of aromatic nitrogens is 2. The molecule has 0 aliphatic heterocycles. The van der Waals surface area contributed by atoms with E-state index in [0.717, 1.165) is 16.8 Å². The number of nitrogens with zero attached hydrogens (tertiary/aromatic N) is 4. The number of halogens is 4. The summed E-state index contributed by atoms with van der Waals surface area (Å²) in [6.45, 7) is -3.50. The van der Waals surface area contributed by atoms with Crippen LogP contribution in [-0.2, 0) is 7.05 Å². The largest absolute Gasteiger partial charge is 0.477 e. The Hall–Kier alpha value is -2.91. The van der Waals surface area contributed by atoms with E-state index >= 15 is 0 Å². The van der Waals surface area contributed by atoms with Gasteiger partial charge in [0.2, 0.25) is 5.88 Å². The lowest BCUT2D eigenvalue weighted by Crippen LogP contribution is -2.06. The van der Waals surface area contributed by atoms with E-state index in [4.69, 9.17) is 26.9 Å². The predicted molar refractivity (Wildman–Crippen MR) is 76.1 cm³/mol. The number of ether oxygens (including phenoxy) is 2. The fourth-order valence-electron chi connectivity index (χ4n) is 1.92. The fourth-order valence-corrected chi connectivity index (χ4v) is 2.23. The van der Waals surface area contributed by atoms with E-state index in [1.807, 2.05) is 0 Å². The van der Waals surface area contributed by atoms with Gasteiger partial charge in [0.15, 0.2) is 6.61 Å². The van der Waals surface area contributed by atoms with E-state index in [1.54, 1.807) is 12.1 Å². The number of rotatable bonds is 5. The molecule has 6 nitrogen and oxygen atoms in total. The van der Waals surface area contributed by atoms with Gasteiger partial charge in [0.1, 0.15) is 34.4 Å². The molecule has 2 rings (SSSR count). The van der Waals surface area contributed by atoms with Gasteiger partial charge < -0.3 is 9.47 Å². The normalized spacial score (nSPS) is 10.3. The smallest absolute Gasteiger partial charge is 0.388 e. The maximum atomic E-state index is 14.2. The highest BCUT2D eigenvalue weighted by atomic mass is 35.5. The van der Waals surface area contributed by atoms with E-state index < -0.39 is 18.3 Å². The lowest BCUT2D eigenvalue weighted by atomic mass is 10.1. The van der Waals surface area contributed by atoms with Crippen molar-refractivity contribution in [1.82, 2.24) is 9.78 Å². The predicted octanol–water partition coefficient (Wildman–Crippen LogP) is 3.26. The van der Waals surface area contributed by atoms with Crippen LogP contribution in [0.5, 0.6) is 11.6 Å². The Balaban J connectivity index is 2.57. The standard InChI is InChI=1S/C14H8ClF3N4O2/c1-22-13(24-14(17)18)11(15)12(21-22)8-5-10(23-3-2-19)7(6-20)4-9(8)16/h4-5,14H,3H2,1H3. The molecule has 0 aliphatic carbocycles. The molecular weight excluding hydrogens is 349 g/mol. The van der Waals surface area contributed by atoms with E-state index in [-0.39, 0.29) is 34.2 Å². The molecule has 0 amide bonds. The van der Waals surface area contributed by atoms with E-state index in [1.165, 1.54) is 7.05 Å². The van der Waals surface area contributed by atoms with Crippen molar-refractivity contribution in [2.75, 3.05) is 6.61 Å². The number of hydrogen-bond donors (Lipinski definition) is 0. The first kappa shape index (κ1) is 17.4. The second kappa shape index (κ2) is 7.11. The molecule has 0 saturated heterocycles. The molecular formula is C14H8ClF3N4O2. The Morgan fingerprint density at radius 3 is 2.67 bits per heavy atom. The van der Waals surface area contributed by atoms with Crippen molar-refractivity contribution in [2.24, 2.45) is 7.05 Å². The van der Waals surface area contributed by atoms with Gasteiger partial charge in [-0.05, 0) is 12.1 Å². The second-order valence-electron chi connectivity index (χ2n) is 4.36. The van der Waals surface area contributed by atoms with E-state index in [2.05, 4.69) is 9.84 Å². The third-order valence-electron chi connectivity index (χ3n) is 2.88. The van der Waals surface area contributed by atoms with Gasteiger partial charge in [-0.3, -0.25) is 0 Å².